The van der Waals surface area contributed by atoms with Gasteiger partial charge >= 0.3 is 5.97 Å². The highest BCUT2D eigenvalue weighted by molar-refractivity contribution is 5.98. The van der Waals surface area contributed by atoms with Gasteiger partial charge in [-0.25, -0.2) is 4.79 Å². The summed E-state index contributed by atoms with van der Waals surface area (Å²) in [5.41, 5.74) is 0.0420. The minimum absolute atomic E-state index is 0.0544. The van der Waals surface area contributed by atoms with Gasteiger partial charge in [0.1, 0.15) is 0 Å². The Hall–Kier alpha value is -2.70. The molecule has 2 N–H and O–H groups in total. The number of aromatic nitrogens is 2. The Bertz CT molecular complexity index is 545. The lowest BCUT2D eigenvalue weighted by Gasteiger charge is -2.04. The van der Waals surface area contributed by atoms with E-state index in [1.807, 2.05) is 0 Å². The molecule has 0 saturated carbocycles. The van der Waals surface area contributed by atoms with Gasteiger partial charge in [0, 0.05) is 17.8 Å². The van der Waals surface area contributed by atoms with Crippen molar-refractivity contribution in [2.45, 2.75) is 0 Å². The lowest BCUT2D eigenvalue weighted by Crippen LogP contribution is -2.02. The summed E-state index contributed by atoms with van der Waals surface area (Å²) in [5.74, 6) is -1.22. The van der Waals surface area contributed by atoms with Gasteiger partial charge in [-0.3, -0.25) is 15.2 Å². The normalized spacial score (nSPS) is 10.1. The molecule has 1 heterocycles. The first-order valence-corrected chi connectivity index (χ1v) is 4.61. The Labute approximate surface area is 94.9 Å². The number of nitro groups is 1. The third kappa shape index (κ3) is 1.85. The SMILES string of the molecule is O=C(O)c1cccc([N+](=O)[O-])c1-c1cn[nH]c1. The summed E-state index contributed by atoms with van der Waals surface area (Å²) in [4.78, 5) is 21.3. The number of hydrogen-bond acceptors (Lipinski definition) is 4. The summed E-state index contributed by atoms with van der Waals surface area (Å²) >= 11 is 0. The van der Waals surface area contributed by atoms with Gasteiger partial charge in [0.25, 0.3) is 5.69 Å². The number of hydrogen-bond donors (Lipinski definition) is 2. The minimum Gasteiger partial charge on any atom is -0.478 e. The highest BCUT2D eigenvalue weighted by atomic mass is 16.6. The molecule has 0 radical (unpaired) electrons. The Morgan fingerprint density at radius 3 is 2.76 bits per heavy atom. The number of nitrogens with one attached hydrogen (secondary N) is 1. The van der Waals surface area contributed by atoms with Gasteiger partial charge in [-0.15, -0.1) is 0 Å². The lowest BCUT2D eigenvalue weighted by molar-refractivity contribution is -0.384. The average Bonchev–Trinajstić information content (AvgIpc) is 2.80. The zero-order valence-electron chi connectivity index (χ0n) is 8.45. The standard InChI is InChI=1S/C10H7N3O4/c14-10(15)7-2-1-3-8(13(16)17)9(7)6-4-11-12-5-6/h1-5H,(H,11,12)(H,14,15). The molecule has 86 valence electrons. The fourth-order valence-corrected chi connectivity index (χ4v) is 1.56. The van der Waals surface area contributed by atoms with Crippen LogP contribution in [0.3, 0.4) is 0 Å². The third-order valence-corrected chi connectivity index (χ3v) is 2.26. The molecule has 0 saturated heterocycles. The maximum Gasteiger partial charge on any atom is 0.336 e. The number of nitrogens with zero attached hydrogens (tertiary/aromatic N) is 2. The van der Waals surface area contributed by atoms with Crippen LogP contribution >= 0.6 is 0 Å². The van der Waals surface area contributed by atoms with E-state index >= 15 is 0 Å². The second-order valence-corrected chi connectivity index (χ2v) is 3.25. The van der Waals surface area contributed by atoms with Gasteiger partial charge in [-0.2, -0.15) is 5.10 Å². The molecule has 0 aliphatic heterocycles. The molecule has 2 rings (SSSR count). The van der Waals surface area contributed by atoms with Crippen LogP contribution in [0.1, 0.15) is 10.4 Å². The van der Waals surface area contributed by atoms with Gasteiger partial charge in [-0.1, -0.05) is 6.07 Å². The molecule has 2 aromatic rings. The summed E-state index contributed by atoms with van der Waals surface area (Å²) in [7, 11) is 0. The number of aromatic amines is 1. The molecule has 1 aromatic carbocycles. The summed E-state index contributed by atoms with van der Waals surface area (Å²) in [6.07, 6.45) is 2.75. The summed E-state index contributed by atoms with van der Waals surface area (Å²) in [6.45, 7) is 0. The Balaban J connectivity index is 2.76. The van der Waals surface area contributed by atoms with E-state index < -0.39 is 10.9 Å². The molecule has 0 unspecified atom stereocenters. The van der Waals surface area contributed by atoms with Crippen LogP contribution in [0.15, 0.2) is 30.6 Å². The predicted molar refractivity (Wildman–Crippen MR) is 57.6 cm³/mol. The third-order valence-electron chi connectivity index (χ3n) is 2.26. The summed E-state index contributed by atoms with van der Waals surface area (Å²) in [5, 5.41) is 26.0. The molecule has 7 heteroatoms. The van der Waals surface area contributed by atoms with E-state index in [0.717, 1.165) is 0 Å². The van der Waals surface area contributed by atoms with Crippen molar-refractivity contribution in [2.75, 3.05) is 0 Å². The molecule has 0 aliphatic carbocycles. The van der Waals surface area contributed by atoms with Crippen LogP contribution in [0.4, 0.5) is 5.69 Å². The van der Waals surface area contributed by atoms with Crippen molar-refractivity contribution in [3.05, 3.63) is 46.3 Å². The fourth-order valence-electron chi connectivity index (χ4n) is 1.56. The smallest absolute Gasteiger partial charge is 0.336 e. The minimum atomic E-state index is -1.22. The number of carboxylic acid groups (broad SMARTS) is 1. The van der Waals surface area contributed by atoms with Gasteiger partial charge < -0.3 is 5.11 Å². The first kappa shape index (κ1) is 10.8. The second-order valence-electron chi connectivity index (χ2n) is 3.25. The topological polar surface area (TPSA) is 109 Å². The highest BCUT2D eigenvalue weighted by Crippen LogP contribution is 2.32. The van der Waals surface area contributed by atoms with Crippen molar-refractivity contribution in [1.82, 2.24) is 10.2 Å². The number of benzene rings is 1. The molecule has 0 spiro atoms. The van der Waals surface area contributed by atoms with E-state index in [2.05, 4.69) is 10.2 Å². The van der Waals surface area contributed by atoms with E-state index in [1.165, 1.54) is 30.6 Å². The van der Waals surface area contributed by atoms with E-state index in [9.17, 15) is 14.9 Å². The van der Waals surface area contributed by atoms with Crippen molar-refractivity contribution in [2.24, 2.45) is 0 Å². The van der Waals surface area contributed by atoms with Gasteiger partial charge in [-0.05, 0) is 6.07 Å². The van der Waals surface area contributed by atoms with E-state index in [1.54, 1.807) is 0 Å². The van der Waals surface area contributed by atoms with Crippen molar-refractivity contribution in [3.63, 3.8) is 0 Å². The van der Waals surface area contributed by atoms with Crippen LogP contribution in [-0.2, 0) is 0 Å². The number of aromatic carboxylic acids is 1. The molecular weight excluding hydrogens is 226 g/mol. The van der Waals surface area contributed by atoms with Crippen LogP contribution in [0.5, 0.6) is 0 Å². The molecule has 7 nitrogen and oxygen atoms in total. The summed E-state index contributed by atoms with van der Waals surface area (Å²) in [6, 6.07) is 3.91. The predicted octanol–water partition coefficient (Wildman–Crippen LogP) is 1.68. The Morgan fingerprint density at radius 2 is 2.24 bits per heavy atom. The maximum absolute atomic E-state index is 11.0. The van der Waals surface area contributed by atoms with Crippen molar-refractivity contribution in [1.29, 1.82) is 0 Å². The van der Waals surface area contributed by atoms with Crippen LogP contribution in [0.2, 0.25) is 0 Å². The van der Waals surface area contributed by atoms with Crippen LogP contribution in [0, 0.1) is 10.1 Å². The number of carboxylic acids is 1. The largest absolute Gasteiger partial charge is 0.478 e. The molecular formula is C10H7N3O4. The average molecular weight is 233 g/mol. The van der Waals surface area contributed by atoms with Crippen molar-refractivity contribution in [3.8, 4) is 11.1 Å². The van der Waals surface area contributed by atoms with E-state index in [4.69, 9.17) is 5.11 Å². The van der Waals surface area contributed by atoms with E-state index in [-0.39, 0.29) is 16.8 Å². The number of nitro benzene ring substituents is 1. The van der Waals surface area contributed by atoms with Crippen LogP contribution in [0.25, 0.3) is 11.1 Å². The van der Waals surface area contributed by atoms with Crippen LogP contribution < -0.4 is 0 Å². The molecule has 1 aromatic heterocycles. The zero-order valence-corrected chi connectivity index (χ0v) is 8.45. The first-order valence-electron chi connectivity index (χ1n) is 4.61. The lowest BCUT2D eigenvalue weighted by atomic mass is 10.0. The Morgan fingerprint density at radius 1 is 1.47 bits per heavy atom. The highest BCUT2D eigenvalue weighted by Gasteiger charge is 2.22. The molecule has 0 amide bonds. The second kappa shape index (κ2) is 4.05. The number of H-pyrrole nitrogens is 1. The van der Waals surface area contributed by atoms with E-state index in [0.29, 0.717) is 5.56 Å². The number of rotatable bonds is 3. The molecule has 17 heavy (non-hydrogen) atoms. The maximum atomic E-state index is 11.0. The monoisotopic (exact) mass is 233 g/mol. The number of carbonyl (C=O) groups is 1. The van der Waals surface area contributed by atoms with Crippen molar-refractivity contribution < 1.29 is 14.8 Å². The van der Waals surface area contributed by atoms with Crippen LogP contribution in [-0.4, -0.2) is 26.2 Å². The molecule has 0 fully saturated rings. The van der Waals surface area contributed by atoms with Crippen molar-refractivity contribution >= 4 is 11.7 Å². The quantitative estimate of drug-likeness (QED) is 0.619. The fraction of sp³-hybridized carbons (Fsp3) is 0. The summed E-state index contributed by atoms with van der Waals surface area (Å²) < 4.78 is 0. The van der Waals surface area contributed by atoms with Gasteiger partial charge in [0.15, 0.2) is 0 Å². The van der Waals surface area contributed by atoms with Gasteiger partial charge in [0.05, 0.1) is 22.2 Å². The zero-order chi connectivity index (χ0) is 12.4. The molecule has 0 bridgehead atoms. The van der Waals surface area contributed by atoms with Gasteiger partial charge in [0.2, 0.25) is 0 Å². The molecule has 0 aliphatic rings. The molecule has 0 atom stereocenters. The Kier molecular flexibility index (Phi) is 2.57. The first-order chi connectivity index (χ1) is 8.11.